The van der Waals surface area contributed by atoms with E-state index in [0.29, 0.717) is 17.0 Å². The molecule has 0 aromatic carbocycles. The van der Waals surface area contributed by atoms with Gasteiger partial charge in [0.1, 0.15) is 11.8 Å². The summed E-state index contributed by atoms with van der Waals surface area (Å²) in [4.78, 5) is 12.7. The van der Waals surface area contributed by atoms with Crippen LogP contribution in [0.3, 0.4) is 0 Å². The molecular weight excluding hydrogens is 234 g/mol. The molecular formula is C11H17N5O2. The molecule has 2 heterocycles. The fraction of sp³-hybridized carbons (Fsp3) is 0.545. The highest BCUT2D eigenvalue weighted by atomic mass is 16.5. The first-order valence-electron chi connectivity index (χ1n) is 5.63. The molecule has 0 fully saturated rings. The van der Waals surface area contributed by atoms with Crippen molar-refractivity contribution < 1.29 is 9.47 Å². The third-order valence-corrected chi connectivity index (χ3v) is 2.88. The van der Waals surface area contributed by atoms with E-state index >= 15 is 0 Å². The Morgan fingerprint density at radius 2 is 2.00 bits per heavy atom. The first kappa shape index (κ1) is 12.7. The van der Waals surface area contributed by atoms with Gasteiger partial charge in [-0.2, -0.15) is 0 Å². The summed E-state index contributed by atoms with van der Waals surface area (Å²) in [5.74, 6) is 0.693. The lowest BCUT2D eigenvalue weighted by molar-refractivity contribution is -0.0661. The van der Waals surface area contributed by atoms with Gasteiger partial charge < -0.3 is 14.8 Å². The molecule has 0 aliphatic heterocycles. The number of hydrogen-bond acceptors (Lipinski definition) is 6. The van der Waals surface area contributed by atoms with Crippen molar-refractivity contribution in [3.05, 3.63) is 12.7 Å². The highest BCUT2D eigenvalue weighted by molar-refractivity contribution is 5.82. The Balaban J connectivity index is 2.51. The number of aromatic nitrogens is 4. The van der Waals surface area contributed by atoms with E-state index in [0.717, 1.165) is 0 Å². The number of nitrogens with one attached hydrogen (secondary N) is 1. The summed E-state index contributed by atoms with van der Waals surface area (Å²) in [6, 6.07) is 0. The quantitative estimate of drug-likeness (QED) is 0.856. The maximum Gasteiger partial charge on any atom is 0.167 e. The minimum atomic E-state index is -0.278. The lowest BCUT2D eigenvalue weighted by atomic mass is 10.3. The Labute approximate surface area is 105 Å². The molecule has 1 unspecified atom stereocenters. The largest absolute Gasteiger partial charge is 0.377 e. The Kier molecular flexibility index (Phi) is 3.73. The highest BCUT2D eigenvalue weighted by Gasteiger charge is 2.21. The monoisotopic (exact) mass is 251 g/mol. The molecule has 2 aromatic rings. The summed E-state index contributed by atoms with van der Waals surface area (Å²) >= 11 is 0. The van der Waals surface area contributed by atoms with Gasteiger partial charge in [-0.1, -0.05) is 0 Å². The van der Waals surface area contributed by atoms with Gasteiger partial charge in [-0.25, -0.2) is 15.0 Å². The molecule has 18 heavy (non-hydrogen) atoms. The first-order chi connectivity index (χ1) is 8.72. The third-order valence-electron chi connectivity index (χ3n) is 2.88. The van der Waals surface area contributed by atoms with Crippen molar-refractivity contribution >= 4 is 17.0 Å². The molecule has 2 atom stereocenters. The van der Waals surface area contributed by atoms with Gasteiger partial charge >= 0.3 is 0 Å². The van der Waals surface area contributed by atoms with Crippen molar-refractivity contribution in [2.75, 3.05) is 26.6 Å². The maximum absolute atomic E-state index is 5.45. The molecule has 98 valence electrons. The molecule has 1 N–H and O–H groups in total. The number of imidazole rings is 1. The van der Waals surface area contributed by atoms with Crippen LogP contribution in [0.1, 0.15) is 13.2 Å². The van der Waals surface area contributed by atoms with E-state index in [-0.39, 0.29) is 12.3 Å². The molecule has 0 bridgehead atoms. The first-order valence-corrected chi connectivity index (χ1v) is 5.63. The van der Waals surface area contributed by atoms with Crippen LogP contribution in [0.15, 0.2) is 12.7 Å². The van der Waals surface area contributed by atoms with Crippen LogP contribution in [-0.2, 0) is 9.47 Å². The average molecular weight is 251 g/mol. The van der Waals surface area contributed by atoms with E-state index in [9.17, 15) is 0 Å². The Morgan fingerprint density at radius 1 is 1.22 bits per heavy atom. The van der Waals surface area contributed by atoms with Gasteiger partial charge in [0.15, 0.2) is 17.7 Å². The van der Waals surface area contributed by atoms with E-state index in [1.54, 1.807) is 27.6 Å². The van der Waals surface area contributed by atoms with Crippen LogP contribution in [0.4, 0.5) is 5.82 Å². The fourth-order valence-electron chi connectivity index (χ4n) is 1.87. The van der Waals surface area contributed by atoms with E-state index in [1.165, 1.54) is 6.33 Å². The van der Waals surface area contributed by atoms with Crippen molar-refractivity contribution in [1.82, 2.24) is 19.5 Å². The molecule has 0 aliphatic carbocycles. The van der Waals surface area contributed by atoms with Gasteiger partial charge in [0.25, 0.3) is 0 Å². The Morgan fingerprint density at radius 3 is 2.61 bits per heavy atom. The number of fused-ring (bicyclic) bond motifs is 1. The molecule has 2 aromatic heterocycles. The van der Waals surface area contributed by atoms with E-state index < -0.39 is 0 Å². The minimum Gasteiger partial charge on any atom is -0.377 e. The van der Waals surface area contributed by atoms with Crippen molar-refractivity contribution in [2.24, 2.45) is 0 Å². The van der Waals surface area contributed by atoms with Crippen molar-refractivity contribution in [1.29, 1.82) is 0 Å². The molecule has 0 spiro atoms. The van der Waals surface area contributed by atoms with Crippen LogP contribution in [0.2, 0.25) is 0 Å². The predicted octanol–water partition coefficient (Wildman–Crippen LogP) is 1.05. The zero-order valence-corrected chi connectivity index (χ0v) is 10.9. The van der Waals surface area contributed by atoms with Gasteiger partial charge in [-0.05, 0) is 6.92 Å². The second-order valence-electron chi connectivity index (χ2n) is 3.86. The lowest BCUT2D eigenvalue weighted by Gasteiger charge is -2.22. The Bertz CT molecular complexity index is 527. The number of methoxy groups -OCH3 is 2. The van der Waals surface area contributed by atoms with Crippen LogP contribution in [0.25, 0.3) is 11.2 Å². The van der Waals surface area contributed by atoms with E-state index in [1.807, 2.05) is 11.5 Å². The molecule has 2 rings (SSSR count). The van der Waals surface area contributed by atoms with Crippen molar-refractivity contribution in [3.63, 3.8) is 0 Å². The van der Waals surface area contributed by atoms with Crippen LogP contribution >= 0.6 is 0 Å². The predicted molar refractivity (Wildman–Crippen MR) is 67.4 cm³/mol. The van der Waals surface area contributed by atoms with Crippen molar-refractivity contribution in [3.8, 4) is 0 Å². The zero-order valence-electron chi connectivity index (χ0n) is 10.9. The standard InChI is InChI=1S/C11H17N5O2/c1-7(17-3)11(18-4)16-6-15-8-9(12-2)13-5-14-10(8)16/h5-7,11H,1-4H3,(H,12,13,14)/t7?,11-/m1/s1. The van der Waals surface area contributed by atoms with Crippen LogP contribution < -0.4 is 5.32 Å². The van der Waals surface area contributed by atoms with Gasteiger partial charge in [-0.15, -0.1) is 0 Å². The molecule has 0 amide bonds. The van der Waals surface area contributed by atoms with Crippen LogP contribution in [0, 0.1) is 0 Å². The molecule has 7 nitrogen and oxygen atoms in total. The Hall–Kier alpha value is -1.73. The van der Waals surface area contributed by atoms with Gasteiger partial charge in [0.2, 0.25) is 0 Å². The molecule has 0 saturated carbocycles. The van der Waals surface area contributed by atoms with Gasteiger partial charge in [-0.3, -0.25) is 4.57 Å². The third kappa shape index (κ3) is 2.02. The highest BCUT2D eigenvalue weighted by Crippen LogP contribution is 2.23. The molecule has 0 saturated heterocycles. The number of hydrogen-bond donors (Lipinski definition) is 1. The maximum atomic E-state index is 5.45. The summed E-state index contributed by atoms with van der Waals surface area (Å²) in [6.07, 6.45) is 2.79. The summed E-state index contributed by atoms with van der Waals surface area (Å²) in [5.41, 5.74) is 1.43. The number of rotatable bonds is 5. The number of ether oxygens (including phenoxy) is 2. The number of nitrogens with zero attached hydrogens (tertiary/aromatic N) is 4. The second-order valence-corrected chi connectivity index (χ2v) is 3.86. The normalized spacial score (nSPS) is 14.7. The zero-order chi connectivity index (χ0) is 13.1. The summed E-state index contributed by atoms with van der Waals surface area (Å²) in [7, 11) is 5.07. The lowest BCUT2D eigenvalue weighted by Crippen LogP contribution is -2.24. The summed E-state index contributed by atoms with van der Waals surface area (Å²) < 4.78 is 12.6. The molecule has 0 aliphatic rings. The summed E-state index contributed by atoms with van der Waals surface area (Å²) in [6.45, 7) is 1.93. The van der Waals surface area contributed by atoms with E-state index in [4.69, 9.17) is 9.47 Å². The van der Waals surface area contributed by atoms with Crippen molar-refractivity contribution in [2.45, 2.75) is 19.3 Å². The van der Waals surface area contributed by atoms with Crippen LogP contribution in [-0.4, -0.2) is 46.9 Å². The van der Waals surface area contributed by atoms with Gasteiger partial charge in [0.05, 0.1) is 12.4 Å². The average Bonchev–Trinajstić information content (AvgIpc) is 2.83. The SMILES string of the molecule is CNc1ncnc2c1ncn2[C@H](OC)C(C)OC. The minimum absolute atomic E-state index is 0.111. The van der Waals surface area contributed by atoms with Crippen LogP contribution in [0.5, 0.6) is 0 Å². The molecule has 7 heteroatoms. The summed E-state index contributed by atoms with van der Waals surface area (Å²) in [5, 5.41) is 2.98. The fourth-order valence-corrected chi connectivity index (χ4v) is 1.87. The topological polar surface area (TPSA) is 74.1 Å². The van der Waals surface area contributed by atoms with Gasteiger partial charge in [0, 0.05) is 21.3 Å². The number of anilines is 1. The second kappa shape index (κ2) is 5.28. The van der Waals surface area contributed by atoms with E-state index in [2.05, 4.69) is 20.3 Å². The smallest absolute Gasteiger partial charge is 0.167 e. The molecule has 0 radical (unpaired) electrons.